The lowest BCUT2D eigenvalue weighted by Gasteiger charge is -2.11. The summed E-state index contributed by atoms with van der Waals surface area (Å²) in [6.07, 6.45) is 0. The van der Waals surface area contributed by atoms with Gasteiger partial charge in [0, 0.05) is 0 Å². The van der Waals surface area contributed by atoms with E-state index in [1.807, 2.05) is 0 Å². The Balaban J connectivity index is 2.49. The molecule has 21 heavy (non-hydrogen) atoms. The molecule has 2 aromatic carbocycles. The van der Waals surface area contributed by atoms with Crippen LogP contribution in [0.25, 0.3) is 0 Å². The zero-order valence-electron chi connectivity index (χ0n) is 10.2. The lowest BCUT2D eigenvalue weighted by Crippen LogP contribution is -2.17. The Morgan fingerprint density at radius 1 is 0.905 bits per heavy atom. The fourth-order valence-electron chi connectivity index (χ4n) is 1.54. The van der Waals surface area contributed by atoms with Crippen LogP contribution in [0.15, 0.2) is 35.2 Å². The van der Waals surface area contributed by atoms with Crippen LogP contribution in [-0.2, 0) is 10.0 Å². The molecule has 0 fully saturated rings. The molecule has 4 nitrogen and oxygen atoms in total. The van der Waals surface area contributed by atoms with Crippen molar-refractivity contribution >= 4 is 21.4 Å². The van der Waals surface area contributed by atoms with Gasteiger partial charge >= 0.3 is 0 Å². The highest BCUT2D eigenvalue weighted by Gasteiger charge is 2.24. The van der Waals surface area contributed by atoms with Gasteiger partial charge in [0.2, 0.25) is 0 Å². The minimum Gasteiger partial charge on any atom is -0.394 e. The SMILES string of the molecule is Nc1c(F)ccc(S(=O)(=O)Nc2cccc(F)c2F)c1F. The van der Waals surface area contributed by atoms with Gasteiger partial charge in [0.25, 0.3) is 10.0 Å². The Hall–Kier alpha value is -2.29. The van der Waals surface area contributed by atoms with Gasteiger partial charge in [-0.05, 0) is 24.3 Å². The molecule has 0 spiro atoms. The average Bonchev–Trinajstić information content (AvgIpc) is 2.41. The molecule has 0 unspecified atom stereocenters. The van der Waals surface area contributed by atoms with Crippen LogP contribution in [0.3, 0.4) is 0 Å². The van der Waals surface area contributed by atoms with Gasteiger partial charge in [0.05, 0.1) is 5.69 Å². The molecule has 0 aliphatic heterocycles. The minimum atomic E-state index is -4.60. The lowest BCUT2D eigenvalue weighted by molar-refractivity contribution is 0.511. The summed E-state index contributed by atoms with van der Waals surface area (Å²) in [5.74, 6) is -5.38. The van der Waals surface area contributed by atoms with E-state index in [0.29, 0.717) is 12.1 Å². The summed E-state index contributed by atoms with van der Waals surface area (Å²) in [7, 11) is -4.60. The second-order valence-electron chi connectivity index (χ2n) is 3.98. The molecule has 2 rings (SSSR count). The van der Waals surface area contributed by atoms with Crippen molar-refractivity contribution in [1.29, 1.82) is 0 Å². The Kier molecular flexibility index (Phi) is 3.77. The van der Waals surface area contributed by atoms with E-state index in [0.717, 1.165) is 18.2 Å². The number of benzene rings is 2. The summed E-state index contributed by atoms with van der Waals surface area (Å²) in [4.78, 5) is -0.981. The van der Waals surface area contributed by atoms with Crippen molar-refractivity contribution in [3.05, 3.63) is 53.6 Å². The van der Waals surface area contributed by atoms with E-state index in [9.17, 15) is 26.0 Å². The van der Waals surface area contributed by atoms with E-state index in [1.54, 1.807) is 4.72 Å². The van der Waals surface area contributed by atoms with Gasteiger partial charge in [-0.3, -0.25) is 4.72 Å². The third-order valence-electron chi connectivity index (χ3n) is 2.58. The maximum absolute atomic E-state index is 13.7. The smallest absolute Gasteiger partial charge is 0.264 e. The summed E-state index contributed by atoms with van der Waals surface area (Å²) in [6.45, 7) is 0. The monoisotopic (exact) mass is 320 g/mol. The normalized spacial score (nSPS) is 11.4. The predicted octanol–water partition coefficient (Wildman–Crippen LogP) is 2.63. The van der Waals surface area contributed by atoms with E-state index < -0.39 is 49.6 Å². The molecular formula is C12H8F4N2O2S. The van der Waals surface area contributed by atoms with Crippen LogP contribution in [0, 0.1) is 23.3 Å². The maximum Gasteiger partial charge on any atom is 0.264 e. The number of rotatable bonds is 3. The van der Waals surface area contributed by atoms with Crippen molar-refractivity contribution in [2.45, 2.75) is 4.90 Å². The summed E-state index contributed by atoms with van der Waals surface area (Å²) in [5, 5.41) is 0. The van der Waals surface area contributed by atoms with Crippen LogP contribution in [0.1, 0.15) is 0 Å². The number of nitrogen functional groups attached to an aromatic ring is 1. The maximum atomic E-state index is 13.7. The van der Waals surface area contributed by atoms with Crippen molar-refractivity contribution in [1.82, 2.24) is 0 Å². The fourth-order valence-corrected chi connectivity index (χ4v) is 2.69. The number of hydrogen-bond acceptors (Lipinski definition) is 3. The van der Waals surface area contributed by atoms with Gasteiger partial charge < -0.3 is 5.73 Å². The lowest BCUT2D eigenvalue weighted by atomic mass is 10.3. The minimum absolute atomic E-state index is 0.626. The molecule has 3 N–H and O–H groups in total. The third-order valence-corrected chi connectivity index (χ3v) is 3.96. The number of nitrogens with one attached hydrogen (secondary N) is 1. The molecule has 0 aliphatic rings. The van der Waals surface area contributed by atoms with Crippen molar-refractivity contribution in [2.24, 2.45) is 0 Å². The molecule has 9 heteroatoms. The standard InChI is InChI=1S/C12H8F4N2O2S/c13-6-2-1-3-8(10(6)15)18-21(19,20)9-5-4-7(14)12(17)11(9)16/h1-5,18H,17H2. The molecular weight excluding hydrogens is 312 g/mol. The quantitative estimate of drug-likeness (QED) is 0.674. The number of nitrogens with two attached hydrogens (primary N) is 1. The van der Waals surface area contributed by atoms with Crippen molar-refractivity contribution in [3.63, 3.8) is 0 Å². The molecule has 0 saturated carbocycles. The van der Waals surface area contributed by atoms with Crippen LogP contribution < -0.4 is 10.5 Å². The van der Waals surface area contributed by atoms with Gasteiger partial charge in [0.15, 0.2) is 17.5 Å². The van der Waals surface area contributed by atoms with E-state index in [-0.39, 0.29) is 0 Å². The van der Waals surface area contributed by atoms with E-state index in [4.69, 9.17) is 5.73 Å². The molecule has 0 atom stereocenters. The number of anilines is 2. The second-order valence-corrected chi connectivity index (χ2v) is 5.63. The molecule has 0 aliphatic carbocycles. The Morgan fingerprint density at radius 2 is 1.57 bits per heavy atom. The van der Waals surface area contributed by atoms with Gasteiger partial charge in [-0.2, -0.15) is 0 Å². The van der Waals surface area contributed by atoms with E-state index in [2.05, 4.69) is 0 Å². The Labute approximate surface area is 117 Å². The van der Waals surface area contributed by atoms with Crippen LogP contribution >= 0.6 is 0 Å². The second kappa shape index (κ2) is 5.24. The number of sulfonamides is 1. The van der Waals surface area contributed by atoms with Gasteiger partial charge in [-0.15, -0.1) is 0 Å². The van der Waals surface area contributed by atoms with Gasteiger partial charge in [-0.1, -0.05) is 6.07 Å². The van der Waals surface area contributed by atoms with Crippen LogP contribution in [0.5, 0.6) is 0 Å². The number of halogens is 4. The van der Waals surface area contributed by atoms with Crippen molar-refractivity contribution < 1.29 is 26.0 Å². The largest absolute Gasteiger partial charge is 0.394 e. The van der Waals surface area contributed by atoms with E-state index in [1.165, 1.54) is 0 Å². The zero-order chi connectivity index (χ0) is 15.8. The first-order valence-electron chi connectivity index (χ1n) is 5.44. The average molecular weight is 320 g/mol. The highest BCUT2D eigenvalue weighted by Crippen LogP contribution is 2.26. The molecule has 0 heterocycles. The van der Waals surface area contributed by atoms with Crippen LogP contribution in [-0.4, -0.2) is 8.42 Å². The summed E-state index contributed by atoms with van der Waals surface area (Å²) >= 11 is 0. The number of hydrogen-bond donors (Lipinski definition) is 2. The first-order chi connectivity index (χ1) is 9.74. The van der Waals surface area contributed by atoms with E-state index >= 15 is 0 Å². The summed E-state index contributed by atoms with van der Waals surface area (Å²) < 4.78 is 78.6. The first-order valence-corrected chi connectivity index (χ1v) is 6.92. The molecule has 2 aromatic rings. The summed E-state index contributed by atoms with van der Waals surface area (Å²) in [6, 6.07) is 4.06. The fraction of sp³-hybridized carbons (Fsp3) is 0. The van der Waals surface area contributed by atoms with Gasteiger partial charge in [0.1, 0.15) is 16.4 Å². The van der Waals surface area contributed by atoms with Gasteiger partial charge in [-0.25, -0.2) is 26.0 Å². The van der Waals surface area contributed by atoms with Crippen molar-refractivity contribution in [3.8, 4) is 0 Å². The summed E-state index contributed by atoms with van der Waals surface area (Å²) in [5.41, 5.74) is 3.35. The molecule has 0 radical (unpaired) electrons. The Morgan fingerprint density at radius 3 is 2.24 bits per heavy atom. The Bertz CT molecular complexity index is 809. The van der Waals surface area contributed by atoms with Crippen molar-refractivity contribution in [2.75, 3.05) is 10.5 Å². The highest BCUT2D eigenvalue weighted by atomic mass is 32.2. The van der Waals surface area contributed by atoms with Crippen LogP contribution in [0.2, 0.25) is 0 Å². The zero-order valence-corrected chi connectivity index (χ0v) is 11.0. The molecule has 0 amide bonds. The highest BCUT2D eigenvalue weighted by molar-refractivity contribution is 7.92. The molecule has 112 valence electrons. The first kappa shape index (κ1) is 15.1. The third kappa shape index (κ3) is 2.77. The topological polar surface area (TPSA) is 72.2 Å². The van der Waals surface area contributed by atoms with Crippen LogP contribution in [0.4, 0.5) is 28.9 Å². The molecule has 0 bridgehead atoms. The predicted molar refractivity (Wildman–Crippen MR) is 67.9 cm³/mol. The molecule has 0 saturated heterocycles. The molecule has 0 aromatic heterocycles.